The van der Waals surface area contributed by atoms with Crippen LogP contribution in [0.2, 0.25) is 0 Å². The van der Waals surface area contributed by atoms with E-state index in [1.165, 1.54) is 11.3 Å². The van der Waals surface area contributed by atoms with Crippen molar-refractivity contribution < 1.29 is 5.11 Å². The highest BCUT2D eigenvalue weighted by Crippen LogP contribution is 2.24. The molecular weight excluding hydrogens is 238 g/mol. The molecule has 3 heterocycles. The highest BCUT2D eigenvalue weighted by molar-refractivity contribution is 7.21. The number of fused-ring (bicyclic) bond motifs is 1. The van der Waals surface area contributed by atoms with Crippen LogP contribution in [0.25, 0.3) is 10.3 Å². The van der Waals surface area contributed by atoms with E-state index >= 15 is 0 Å². The summed E-state index contributed by atoms with van der Waals surface area (Å²) in [5.74, 6) is 0.702. The first-order valence-electron chi connectivity index (χ1n) is 5.54. The van der Waals surface area contributed by atoms with Gasteiger partial charge in [0.1, 0.15) is 5.52 Å². The fraction of sp³-hybridized carbons (Fsp3) is 0.500. The number of piperidine rings is 1. The maximum absolute atomic E-state index is 9.46. The van der Waals surface area contributed by atoms with Gasteiger partial charge in [-0.25, -0.2) is 9.97 Å². The second-order valence-corrected chi connectivity index (χ2v) is 5.14. The molecule has 0 aromatic carbocycles. The van der Waals surface area contributed by atoms with Crippen LogP contribution in [-0.2, 0) is 0 Å². The van der Waals surface area contributed by atoms with Gasteiger partial charge < -0.3 is 15.7 Å². The van der Waals surface area contributed by atoms with Crippen molar-refractivity contribution in [3.05, 3.63) is 6.20 Å². The van der Waals surface area contributed by atoms with Crippen LogP contribution >= 0.6 is 11.3 Å². The zero-order chi connectivity index (χ0) is 11.8. The molecule has 0 bridgehead atoms. The second-order valence-electron chi connectivity index (χ2n) is 4.13. The van der Waals surface area contributed by atoms with Crippen LogP contribution in [0.5, 0.6) is 0 Å². The molecule has 2 aromatic heterocycles. The molecule has 90 valence electrons. The summed E-state index contributed by atoms with van der Waals surface area (Å²) in [6.45, 7) is 1.59. The van der Waals surface area contributed by atoms with E-state index in [2.05, 4.69) is 19.9 Å². The summed E-state index contributed by atoms with van der Waals surface area (Å²) in [5.41, 5.74) is 6.37. The van der Waals surface area contributed by atoms with Crippen LogP contribution in [0.15, 0.2) is 6.20 Å². The minimum atomic E-state index is -0.186. The minimum absolute atomic E-state index is 0.186. The number of aromatic nitrogens is 3. The molecule has 1 aliphatic rings. The van der Waals surface area contributed by atoms with Crippen molar-refractivity contribution in [2.75, 3.05) is 23.7 Å². The second kappa shape index (κ2) is 4.08. The number of aliphatic hydroxyl groups excluding tert-OH is 1. The molecule has 7 heteroatoms. The monoisotopic (exact) mass is 251 g/mol. The van der Waals surface area contributed by atoms with Crippen molar-refractivity contribution in [3.63, 3.8) is 0 Å². The van der Waals surface area contributed by atoms with E-state index in [-0.39, 0.29) is 6.10 Å². The van der Waals surface area contributed by atoms with Gasteiger partial charge in [0.15, 0.2) is 9.96 Å². The minimum Gasteiger partial charge on any atom is -0.393 e. The Labute approximate surface area is 102 Å². The van der Waals surface area contributed by atoms with E-state index in [1.54, 1.807) is 6.20 Å². The van der Waals surface area contributed by atoms with Crippen molar-refractivity contribution in [1.29, 1.82) is 0 Å². The Morgan fingerprint density at radius 3 is 2.88 bits per heavy atom. The van der Waals surface area contributed by atoms with Crippen molar-refractivity contribution in [2.45, 2.75) is 18.9 Å². The van der Waals surface area contributed by atoms with Crippen LogP contribution in [-0.4, -0.2) is 39.3 Å². The number of thiazole rings is 1. The molecule has 17 heavy (non-hydrogen) atoms. The largest absolute Gasteiger partial charge is 0.393 e. The highest BCUT2D eigenvalue weighted by Gasteiger charge is 2.19. The molecule has 2 aromatic rings. The third-order valence-corrected chi connectivity index (χ3v) is 3.70. The van der Waals surface area contributed by atoms with E-state index in [9.17, 15) is 5.11 Å². The quantitative estimate of drug-likeness (QED) is 0.773. The van der Waals surface area contributed by atoms with Gasteiger partial charge in [0.05, 0.1) is 12.3 Å². The van der Waals surface area contributed by atoms with Gasteiger partial charge in [-0.15, -0.1) is 0 Å². The number of anilines is 2. The first-order chi connectivity index (χ1) is 8.22. The maximum atomic E-state index is 9.46. The van der Waals surface area contributed by atoms with Crippen LogP contribution in [0.3, 0.4) is 0 Å². The molecule has 1 aliphatic heterocycles. The smallest absolute Gasteiger partial charge is 0.226 e. The number of hydrogen-bond acceptors (Lipinski definition) is 7. The molecule has 0 spiro atoms. The topological polar surface area (TPSA) is 88.2 Å². The maximum Gasteiger partial charge on any atom is 0.226 e. The Bertz CT molecular complexity index is 534. The number of aliphatic hydroxyl groups is 1. The molecule has 0 saturated carbocycles. The third kappa shape index (κ3) is 2.03. The van der Waals surface area contributed by atoms with E-state index in [4.69, 9.17) is 5.73 Å². The summed E-state index contributed by atoms with van der Waals surface area (Å²) in [6.07, 6.45) is 3.06. The lowest BCUT2D eigenvalue weighted by molar-refractivity contribution is 0.145. The fourth-order valence-corrected chi connectivity index (χ4v) is 2.63. The van der Waals surface area contributed by atoms with Gasteiger partial charge in [-0.2, -0.15) is 4.98 Å². The van der Waals surface area contributed by atoms with Gasteiger partial charge in [0.2, 0.25) is 5.95 Å². The van der Waals surface area contributed by atoms with E-state index in [1.807, 2.05) is 0 Å². The first-order valence-corrected chi connectivity index (χ1v) is 6.36. The van der Waals surface area contributed by atoms with E-state index in [0.717, 1.165) is 36.3 Å². The predicted molar refractivity (Wildman–Crippen MR) is 67.1 cm³/mol. The average molecular weight is 251 g/mol. The van der Waals surface area contributed by atoms with E-state index < -0.39 is 0 Å². The van der Waals surface area contributed by atoms with Gasteiger partial charge in [-0.1, -0.05) is 11.3 Å². The Morgan fingerprint density at radius 2 is 2.12 bits per heavy atom. The Morgan fingerprint density at radius 1 is 1.35 bits per heavy atom. The van der Waals surface area contributed by atoms with Gasteiger partial charge in [0, 0.05) is 13.1 Å². The normalized spacial score (nSPS) is 17.8. The summed E-state index contributed by atoms with van der Waals surface area (Å²) in [7, 11) is 0. The summed E-state index contributed by atoms with van der Waals surface area (Å²) in [5, 5.41) is 9.97. The predicted octanol–water partition coefficient (Wildman–Crippen LogP) is 0.630. The average Bonchev–Trinajstić information content (AvgIpc) is 2.69. The summed E-state index contributed by atoms with van der Waals surface area (Å²) >= 11 is 1.37. The van der Waals surface area contributed by atoms with Gasteiger partial charge in [0.25, 0.3) is 0 Å². The number of nitrogen functional groups attached to an aromatic ring is 1. The summed E-state index contributed by atoms with van der Waals surface area (Å²) < 4.78 is 0. The molecule has 0 aliphatic carbocycles. The number of nitrogens with two attached hydrogens (primary N) is 1. The Balaban J connectivity index is 1.89. The first kappa shape index (κ1) is 10.7. The molecule has 0 radical (unpaired) electrons. The zero-order valence-electron chi connectivity index (χ0n) is 9.20. The third-order valence-electron chi connectivity index (χ3n) is 2.90. The van der Waals surface area contributed by atoms with Crippen LogP contribution < -0.4 is 10.6 Å². The molecule has 1 fully saturated rings. The molecule has 6 nitrogen and oxygen atoms in total. The van der Waals surface area contributed by atoms with Gasteiger partial charge in [-0.05, 0) is 12.8 Å². The molecule has 0 amide bonds. The summed E-state index contributed by atoms with van der Waals surface area (Å²) in [4.78, 5) is 15.8. The lowest BCUT2D eigenvalue weighted by Crippen LogP contribution is -2.36. The molecule has 0 atom stereocenters. The standard InChI is InChI=1S/C10H13N5OS/c11-9-13-7-5-12-10(14-8(7)17-9)15-3-1-6(16)2-4-15/h5-6,16H,1-4H2,(H2,11,13). The van der Waals surface area contributed by atoms with Crippen molar-refractivity contribution in [3.8, 4) is 0 Å². The van der Waals surface area contributed by atoms with Crippen LogP contribution in [0.1, 0.15) is 12.8 Å². The number of rotatable bonds is 1. The number of hydrogen-bond donors (Lipinski definition) is 2. The lowest BCUT2D eigenvalue weighted by Gasteiger charge is -2.29. The van der Waals surface area contributed by atoms with Crippen molar-refractivity contribution >= 4 is 32.8 Å². The zero-order valence-corrected chi connectivity index (χ0v) is 10.0. The Hall–Kier alpha value is -1.47. The molecule has 1 saturated heterocycles. The lowest BCUT2D eigenvalue weighted by atomic mass is 10.1. The Kier molecular flexibility index (Phi) is 2.56. The van der Waals surface area contributed by atoms with Crippen molar-refractivity contribution in [2.24, 2.45) is 0 Å². The van der Waals surface area contributed by atoms with E-state index in [0.29, 0.717) is 11.1 Å². The SMILES string of the molecule is Nc1nc2cnc(N3CCC(O)CC3)nc2s1. The molecule has 3 rings (SSSR count). The van der Waals surface area contributed by atoms with Crippen molar-refractivity contribution in [1.82, 2.24) is 15.0 Å². The van der Waals surface area contributed by atoms with Crippen LogP contribution in [0, 0.1) is 0 Å². The highest BCUT2D eigenvalue weighted by atomic mass is 32.1. The number of nitrogens with zero attached hydrogens (tertiary/aromatic N) is 4. The fourth-order valence-electron chi connectivity index (χ4n) is 1.96. The molecular formula is C10H13N5OS. The summed E-state index contributed by atoms with van der Waals surface area (Å²) in [6, 6.07) is 0. The molecule has 3 N–H and O–H groups in total. The van der Waals surface area contributed by atoms with Crippen LogP contribution in [0.4, 0.5) is 11.1 Å². The van der Waals surface area contributed by atoms with Gasteiger partial charge >= 0.3 is 0 Å². The van der Waals surface area contributed by atoms with Gasteiger partial charge in [-0.3, -0.25) is 0 Å². The molecule has 0 unspecified atom stereocenters.